The molecule has 21 heavy (non-hydrogen) atoms. The number of benzene rings is 1. The molecule has 0 radical (unpaired) electrons. The summed E-state index contributed by atoms with van der Waals surface area (Å²) in [6.07, 6.45) is 0.472. The summed E-state index contributed by atoms with van der Waals surface area (Å²) in [5.41, 5.74) is 0.673. The summed E-state index contributed by atoms with van der Waals surface area (Å²) in [5.74, 6) is 0.0548. The molecule has 116 valence electrons. The molecule has 0 aliphatic carbocycles. The van der Waals surface area contributed by atoms with Crippen molar-refractivity contribution in [1.82, 2.24) is 9.80 Å². The Balaban J connectivity index is 1.94. The zero-order valence-corrected chi connectivity index (χ0v) is 14.3. The molecule has 0 atom stereocenters. The van der Waals surface area contributed by atoms with Crippen LogP contribution in [0, 0.1) is 0 Å². The van der Waals surface area contributed by atoms with Crippen molar-refractivity contribution in [2.24, 2.45) is 0 Å². The minimum absolute atomic E-state index is 0.0548. The molecule has 1 aromatic carbocycles. The molecule has 0 saturated carbocycles. The van der Waals surface area contributed by atoms with E-state index in [4.69, 9.17) is 23.2 Å². The monoisotopic (exact) mass is 328 g/mol. The second-order valence-electron chi connectivity index (χ2n) is 6.28. The van der Waals surface area contributed by atoms with E-state index >= 15 is 0 Å². The van der Waals surface area contributed by atoms with Crippen molar-refractivity contribution in [2.75, 3.05) is 33.2 Å². The van der Waals surface area contributed by atoms with Crippen LogP contribution in [0.1, 0.15) is 30.6 Å². The molecule has 0 bridgehead atoms. The standard InChI is InChI=1S/C16H22Cl2N2O/c1-16(2)11-20(10-9-19(16)3)8-7-14(21)12-5-4-6-13(17)15(12)18/h4-6H,7-11H2,1-3H3. The van der Waals surface area contributed by atoms with Crippen molar-refractivity contribution < 1.29 is 4.79 Å². The predicted octanol–water partition coefficient (Wildman–Crippen LogP) is 3.59. The fourth-order valence-corrected chi connectivity index (χ4v) is 3.05. The van der Waals surface area contributed by atoms with Gasteiger partial charge in [-0.2, -0.15) is 0 Å². The van der Waals surface area contributed by atoms with Gasteiger partial charge in [-0.25, -0.2) is 0 Å². The second kappa shape index (κ2) is 6.66. The highest BCUT2D eigenvalue weighted by atomic mass is 35.5. The van der Waals surface area contributed by atoms with E-state index in [1.54, 1.807) is 18.2 Å². The van der Waals surface area contributed by atoms with E-state index < -0.39 is 0 Å². The molecule has 1 heterocycles. The molecular weight excluding hydrogens is 307 g/mol. The Morgan fingerprint density at radius 2 is 2.00 bits per heavy atom. The molecule has 0 aromatic heterocycles. The SMILES string of the molecule is CN1CCN(CCC(=O)c2cccc(Cl)c2Cl)CC1(C)C. The number of piperazine rings is 1. The van der Waals surface area contributed by atoms with Gasteiger partial charge in [0.15, 0.2) is 5.78 Å². The number of hydrogen-bond acceptors (Lipinski definition) is 3. The normalized spacial score (nSPS) is 19.7. The molecule has 1 aromatic rings. The van der Waals surface area contributed by atoms with E-state index in [1.807, 2.05) is 0 Å². The Kier molecular flexibility index (Phi) is 5.31. The topological polar surface area (TPSA) is 23.6 Å². The molecule has 1 aliphatic heterocycles. The van der Waals surface area contributed by atoms with Gasteiger partial charge in [0, 0.05) is 43.7 Å². The highest BCUT2D eigenvalue weighted by molar-refractivity contribution is 6.43. The summed E-state index contributed by atoms with van der Waals surface area (Å²) in [5, 5.41) is 0.797. The predicted molar refractivity (Wildman–Crippen MR) is 88.6 cm³/mol. The summed E-state index contributed by atoms with van der Waals surface area (Å²) in [6.45, 7) is 8.22. The van der Waals surface area contributed by atoms with Crippen molar-refractivity contribution in [3.05, 3.63) is 33.8 Å². The fourth-order valence-electron chi connectivity index (χ4n) is 2.65. The first-order valence-corrected chi connectivity index (χ1v) is 7.97. The van der Waals surface area contributed by atoms with Gasteiger partial charge in [-0.1, -0.05) is 29.3 Å². The minimum atomic E-state index is 0.0548. The van der Waals surface area contributed by atoms with E-state index in [9.17, 15) is 4.79 Å². The van der Waals surface area contributed by atoms with Crippen molar-refractivity contribution in [2.45, 2.75) is 25.8 Å². The zero-order valence-electron chi connectivity index (χ0n) is 12.8. The van der Waals surface area contributed by atoms with E-state index in [-0.39, 0.29) is 11.3 Å². The van der Waals surface area contributed by atoms with Crippen LogP contribution in [-0.2, 0) is 0 Å². The van der Waals surface area contributed by atoms with Gasteiger partial charge in [-0.15, -0.1) is 0 Å². The molecule has 1 aliphatic rings. The van der Waals surface area contributed by atoms with Gasteiger partial charge in [0.05, 0.1) is 10.0 Å². The number of ketones is 1. The molecule has 3 nitrogen and oxygen atoms in total. The van der Waals surface area contributed by atoms with Crippen LogP contribution in [0.2, 0.25) is 10.0 Å². The maximum Gasteiger partial charge on any atom is 0.165 e. The Bertz CT molecular complexity index is 531. The molecule has 0 unspecified atom stereocenters. The van der Waals surface area contributed by atoms with Crippen LogP contribution in [0.25, 0.3) is 0 Å². The Morgan fingerprint density at radius 3 is 2.67 bits per heavy atom. The lowest BCUT2D eigenvalue weighted by Gasteiger charge is -2.45. The summed E-state index contributed by atoms with van der Waals surface area (Å²) >= 11 is 12.1. The number of likely N-dealkylation sites (N-methyl/N-ethyl adjacent to an activating group) is 1. The largest absolute Gasteiger partial charge is 0.300 e. The molecule has 1 saturated heterocycles. The highest BCUT2D eigenvalue weighted by Gasteiger charge is 2.30. The number of Topliss-reactive ketones (excluding diaryl/α,β-unsaturated/α-hetero) is 1. The second-order valence-corrected chi connectivity index (χ2v) is 7.07. The van der Waals surface area contributed by atoms with Crippen LogP contribution >= 0.6 is 23.2 Å². The van der Waals surface area contributed by atoms with Crippen LogP contribution in [0.4, 0.5) is 0 Å². The third kappa shape index (κ3) is 3.98. The first-order valence-electron chi connectivity index (χ1n) is 7.22. The fraction of sp³-hybridized carbons (Fsp3) is 0.562. The van der Waals surface area contributed by atoms with Crippen molar-refractivity contribution in [3.63, 3.8) is 0 Å². The van der Waals surface area contributed by atoms with Crippen molar-refractivity contribution in [3.8, 4) is 0 Å². The lowest BCUT2D eigenvalue weighted by atomic mass is 9.99. The third-order valence-electron chi connectivity index (χ3n) is 4.30. The van der Waals surface area contributed by atoms with Crippen molar-refractivity contribution >= 4 is 29.0 Å². The smallest absolute Gasteiger partial charge is 0.165 e. The maximum atomic E-state index is 12.3. The van der Waals surface area contributed by atoms with Gasteiger partial charge in [-0.3, -0.25) is 14.6 Å². The van der Waals surface area contributed by atoms with E-state index in [2.05, 4.69) is 30.7 Å². The quantitative estimate of drug-likeness (QED) is 0.789. The Morgan fingerprint density at radius 1 is 1.29 bits per heavy atom. The van der Waals surface area contributed by atoms with Crippen LogP contribution < -0.4 is 0 Å². The van der Waals surface area contributed by atoms with Gasteiger partial charge >= 0.3 is 0 Å². The first kappa shape index (κ1) is 16.8. The minimum Gasteiger partial charge on any atom is -0.300 e. The lowest BCUT2D eigenvalue weighted by molar-refractivity contribution is 0.0390. The van der Waals surface area contributed by atoms with E-state index in [1.165, 1.54) is 0 Å². The van der Waals surface area contributed by atoms with Crippen LogP contribution in [0.5, 0.6) is 0 Å². The van der Waals surface area contributed by atoms with Gasteiger partial charge in [0.25, 0.3) is 0 Å². The average molecular weight is 329 g/mol. The summed E-state index contributed by atoms with van der Waals surface area (Å²) in [6, 6.07) is 5.20. The molecule has 5 heteroatoms. The molecule has 1 fully saturated rings. The first-order chi connectivity index (χ1) is 9.81. The number of hydrogen-bond donors (Lipinski definition) is 0. The van der Waals surface area contributed by atoms with Gasteiger partial charge in [-0.05, 0) is 33.0 Å². The van der Waals surface area contributed by atoms with E-state index in [0.717, 1.165) is 26.2 Å². The molecule has 0 amide bonds. The number of nitrogens with zero attached hydrogens (tertiary/aromatic N) is 2. The summed E-state index contributed by atoms with van der Waals surface area (Å²) in [7, 11) is 2.15. The molecule has 0 N–H and O–H groups in total. The Hall–Kier alpha value is -0.610. The number of halogens is 2. The molecule has 0 spiro atoms. The summed E-state index contributed by atoms with van der Waals surface area (Å²) in [4.78, 5) is 17.0. The van der Waals surface area contributed by atoms with Crippen LogP contribution in [-0.4, -0.2) is 54.3 Å². The third-order valence-corrected chi connectivity index (χ3v) is 5.12. The highest BCUT2D eigenvalue weighted by Crippen LogP contribution is 2.26. The Labute approximate surface area is 136 Å². The van der Waals surface area contributed by atoms with Gasteiger partial charge in [0.1, 0.15) is 0 Å². The summed E-state index contributed by atoms with van der Waals surface area (Å²) < 4.78 is 0. The average Bonchev–Trinajstić information content (AvgIpc) is 2.42. The molecular formula is C16H22Cl2N2O. The number of carbonyl (C=O) groups is 1. The maximum absolute atomic E-state index is 12.3. The number of rotatable bonds is 4. The van der Waals surface area contributed by atoms with Gasteiger partial charge < -0.3 is 0 Å². The lowest BCUT2D eigenvalue weighted by Crippen LogP contribution is -2.57. The molecule has 2 rings (SSSR count). The van der Waals surface area contributed by atoms with E-state index in [0.29, 0.717) is 22.0 Å². The van der Waals surface area contributed by atoms with Crippen molar-refractivity contribution in [1.29, 1.82) is 0 Å². The number of carbonyl (C=O) groups excluding carboxylic acids is 1. The zero-order chi connectivity index (χ0) is 15.6. The van der Waals surface area contributed by atoms with Crippen LogP contribution in [0.3, 0.4) is 0 Å². The van der Waals surface area contributed by atoms with Gasteiger partial charge in [0.2, 0.25) is 0 Å². The van der Waals surface area contributed by atoms with Crippen LogP contribution in [0.15, 0.2) is 18.2 Å².